The first-order chi connectivity index (χ1) is 20.5. The number of nitrogens with zero attached hydrogens (tertiary/aromatic N) is 5. The molecule has 0 unspecified atom stereocenters. The Kier molecular flexibility index (Phi) is 8.76. The van der Waals surface area contributed by atoms with E-state index in [4.69, 9.17) is 14.2 Å². The molecule has 0 aliphatic rings. The summed E-state index contributed by atoms with van der Waals surface area (Å²) in [6.07, 6.45) is 3.32. The molecule has 5 rings (SSSR count). The molecule has 0 radical (unpaired) electrons. The normalized spacial score (nSPS) is 10.9. The summed E-state index contributed by atoms with van der Waals surface area (Å²) in [5, 5.41) is 16.1. The molecule has 0 aliphatic heterocycles. The van der Waals surface area contributed by atoms with Gasteiger partial charge in [0, 0.05) is 23.0 Å². The number of carbonyl (C=O) groups excluding carboxylic acids is 2. The van der Waals surface area contributed by atoms with Gasteiger partial charge in [0.05, 0.1) is 45.0 Å². The van der Waals surface area contributed by atoms with Gasteiger partial charge in [0.1, 0.15) is 5.75 Å². The van der Waals surface area contributed by atoms with Crippen LogP contribution in [0.15, 0.2) is 72.9 Å². The van der Waals surface area contributed by atoms with Crippen molar-refractivity contribution in [1.82, 2.24) is 24.8 Å². The fraction of sp³-hybridized carbons (Fsp3) is 0.258. The maximum absolute atomic E-state index is 12.2. The van der Waals surface area contributed by atoms with E-state index < -0.39 is 12.1 Å². The summed E-state index contributed by atoms with van der Waals surface area (Å²) in [4.78, 5) is 24.4. The molecule has 42 heavy (non-hydrogen) atoms. The number of methoxy groups -OCH3 is 2. The van der Waals surface area contributed by atoms with Crippen LogP contribution in [0, 0.1) is 0 Å². The zero-order valence-electron chi connectivity index (χ0n) is 23.7. The van der Waals surface area contributed by atoms with Gasteiger partial charge in [0.15, 0.2) is 5.82 Å². The monoisotopic (exact) mass is 568 g/mol. The minimum Gasteiger partial charge on any atom is -0.496 e. The average molecular weight is 569 g/mol. The van der Waals surface area contributed by atoms with E-state index in [1.54, 1.807) is 23.9 Å². The number of hydrogen-bond acceptors (Lipinski definition) is 8. The quantitative estimate of drug-likeness (QED) is 0.163. The third-order valence-corrected chi connectivity index (χ3v) is 6.91. The first-order valence-electron chi connectivity index (χ1n) is 13.6. The summed E-state index contributed by atoms with van der Waals surface area (Å²) < 4.78 is 19.6. The van der Waals surface area contributed by atoms with Crippen molar-refractivity contribution in [3.63, 3.8) is 0 Å². The fourth-order valence-corrected chi connectivity index (χ4v) is 4.71. The van der Waals surface area contributed by atoms with E-state index in [2.05, 4.69) is 25.4 Å². The van der Waals surface area contributed by atoms with Crippen LogP contribution in [0.1, 0.15) is 41.3 Å². The molecular formula is C31H32N6O5. The van der Waals surface area contributed by atoms with Crippen molar-refractivity contribution in [3.8, 4) is 17.1 Å². The first-order valence-corrected chi connectivity index (χ1v) is 13.6. The molecule has 11 heteroatoms. The summed E-state index contributed by atoms with van der Waals surface area (Å²) in [6, 6.07) is 20.8. The first kappa shape index (κ1) is 28.3. The molecule has 0 saturated heterocycles. The van der Waals surface area contributed by atoms with Gasteiger partial charge in [0.2, 0.25) is 0 Å². The fourth-order valence-electron chi connectivity index (χ4n) is 4.71. The smallest absolute Gasteiger partial charge is 0.411 e. The number of rotatable bonds is 11. The van der Waals surface area contributed by atoms with Crippen molar-refractivity contribution in [3.05, 3.63) is 89.6 Å². The third-order valence-electron chi connectivity index (χ3n) is 6.91. The summed E-state index contributed by atoms with van der Waals surface area (Å²) in [5.74, 6) is 0.790. The van der Waals surface area contributed by atoms with Crippen LogP contribution in [0.4, 0.5) is 10.5 Å². The van der Waals surface area contributed by atoms with Gasteiger partial charge < -0.3 is 18.8 Å². The Balaban J connectivity index is 1.37. The number of amides is 1. The molecule has 1 amide bonds. The van der Waals surface area contributed by atoms with Gasteiger partial charge in [-0.05, 0) is 58.1 Å². The van der Waals surface area contributed by atoms with E-state index >= 15 is 0 Å². The Bertz CT molecular complexity index is 1710. The topological polar surface area (TPSA) is 122 Å². The van der Waals surface area contributed by atoms with Crippen LogP contribution in [0.5, 0.6) is 5.75 Å². The molecule has 0 aliphatic carbocycles. The molecular weight excluding hydrogens is 536 g/mol. The maximum Gasteiger partial charge on any atom is 0.411 e. The number of unbranched alkanes of at least 4 members (excludes halogenated alkanes) is 1. The molecule has 11 nitrogen and oxygen atoms in total. The second-order valence-corrected chi connectivity index (χ2v) is 9.67. The Hall–Kier alpha value is -5.19. The number of hydrogen-bond donors (Lipinski definition) is 1. The van der Waals surface area contributed by atoms with Crippen molar-refractivity contribution in [1.29, 1.82) is 0 Å². The van der Waals surface area contributed by atoms with E-state index in [1.165, 1.54) is 7.11 Å². The molecule has 0 spiro atoms. The van der Waals surface area contributed by atoms with E-state index in [0.717, 1.165) is 40.4 Å². The highest BCUT2D eigenvalue weighted by atomic mass is 16.5. The van der Waals surface area contributed by atoms with E-state index in [0.29, 0.717) is 36.0 Å². The standard InChI is InChI=1S/C31H32N6O5/c1-4-5-16-42-31(39)32-25-13-12-21-14-15-36(27(21)18-25)19-24-11-10-22(17-28(24)40-2)29-33-34-35-37(29)20-23-8-6-7-9-26(23)30(38)41-3/h6-15,17-18H,4-5,16,19-20H2,1-3H3,(H,32,39). The summed E-state index contributed by atoms with van der Waals surface area (Å²) in [5.41, 5.74) is 4.53. The van der Waals surface area contributed by atoms with Gasteiger partial charge in [-0.2, -0.15) is 0 Å². The Morgan fingerprint density at radius 1 is 0.952 bits per heavy atom. The zero-order chi connectivity index (χ0) is 29.5. The number of carbonyl (C=O) groups is 2. The van der Waals surface area contributed by atoms with Crippen LogP contribution in [0.2, 0.25) is 0 Å². The number of fused-ring (bicyclic) bond motifs is 1. The van der Waals surface area contributed by atoms with E-state index in [-0.39, 0.29) is 6.54 Å². The van der Waals surface area contributed by atoms with Crippen LogP contribution in [0.25, 0.3) is 22.3 Å². The molecule has 0 saturated carbocycles. The number of benzene rings is 3. The van der Waals surface area contributed by atoms with Crippen molar-refractivity contribution in [2.24, 2.45) is 0 Å². The van der Waals surface area contributed by atoms with Gasteiger partial charge >= 0.3 is 12.1 Å². The molecule has 0 bridgehead atoms. The minimum absolute atomic E-state index is 0.287. The Labute approximate surface area is 243 Å². The van der Waals surface area contributed by atoms with Crippen LogP contribution in [-0.4, -0.2) is 57.7 Å². The van der Waals surface area contributed by atoms with Crippen molar-refractivity contribution in [2.75, 3.05) is 26.1 Å². The van der Waals surface area contributed by atoms with Crippen LogP contribution < -0.4 is 10.1 Å². The predicted octanol–water partition coefficient (Wildman–Crippen LogP) is 5.54. The Morgan fingerprint density at radius 2 is 1.81 bits per heavy atom. The van der Waals surface area contributed by atoms with Crippen molar-refractivity contribution >= 4 is 28.7 Å². The van der Waals surface area contributed by atoms with Crippen LogP contribution in [0.3, 0.4) is 0 Å². The number of aromatic nitrogens is 5. The molecule has 3 aromatic carbocycles. The largest absolute Gasteiger partial charge is 0.496 e. The highest BCUT2D eigenvalue weighted by molar-refractivity contribution is 5.91. The van der Waals surface area contributed by atoms with Gasteiger partial charge in [0.25, 0.3) is 0 Å². The third kappa shape index (κ3) is 6.25. The number of esters is 1. The zero-order valence-corrected chi connectivity index (χ0v) is 23.7. The molecule has 5 aromatic rings. The molecule has 0 atom stereocenters. The highest BCUT2D eigenvalue weighted by Gasteiger charge is 2.17. The predicted molar refractivity (Wildman–Crippen MR) is 158 cm³/mol. The van der Waals surface area contributed by atoms with E-state index in [1.807, 2.05) is 67.7 Å². The second-order valence-electron chi connectivity index (χ2n) is 9.67. The number of nitrogens with one attached hydrogen (secondary N) is 1. The molecule has 2 heterocycles. The summed E-state index contributed by atoms with van der Waals surface area (Å²) >= 11 is 0. The lowest BCUT2D eigenvalue weighted by Gasteiger charge is -2.13. The van der Waals surface area contributed by atoms with Gasteiger partial charge in [-0.15, -0.1) is 5.10 Å². The van der Waals surface area contributed by atoms with Crippen LogP contribution >= 0.6 is 0 Å². The van der Waals surface area contributed by atoms with Crippen molar-refractivity contribution < 1.29 is 23.8 Å². The number of ether oxygens (including phenoxy) is 3. The minimum atomic E-state index is -0.464. The Morgan fingerprint density at radius 3 is 2.62 bits per heavy atom. The summed E-state index contributed by atoms with van der Waals surface area (Å²) in [6.45, 7) is 3.26. The number of tetrazole rings is 1. The molecule has 0 fully saturated rings. The van der Waals surface area contributed by atoms with Gasteiger partial charge in [-0.25, -0.2) is 14.3 Å². The van der Waals surface area contributed by atoms with Gasteiger partial charge in [-0.3, -0.25) is 5.32 Å². The van der Waals surface area contributed by atoms with Gasteiger partial charge in [-0.1, -0.05) is 49.7 Å². The lowest BCUT2D eigenvalue weighted by atomic mass is 10.1. The van der Waals surface area contributed by atoms with E-state index in [9.17, 15) is 9.59 Å². The lowest BCUT2D eigenvalue weighted by molar-refractivity contribution is 0.0599. The molecule has 216 valence electrons. The van der Waals surface area contributed by atoms with Crippen molar-refractivity contribution in [2.45, 2.75) is 32.9 Å². The lowest BCUT2D eigenvalue weighted by Crippen LogP contribution is -2.14. The highest BCUT2D eigenvalue weighted by Crippen LogP contribution is 2.29. The van der Waals surface area contributed by atoms with Crippen LogP contribution in [-0.2, 0) is 22.6 Å². The SMILES string of the molecule is CCCCOC(=O)Nc1ccc2ccn(Cc3ccc(-c4nnnn4Cc4ccccc4C(=O)OC)cc3OC)c2c1. The second kappa shape index (κ2) is 13.0. The average Bonchev–Trinajstić information content (AvgIpc) is 3.64. The number of anilines is 1. The molecule has 2 aromatic heterocycles. The molecule has 1 N–H and O–H groups in total. The maximum atomic E-state index is 12.2. The summed E-state index contributed by atoms with van der Waals surface area (Å²) in [7, 11) is 2.98.